The molecule has 2 aromatic rings. The molecule has 0 bridgehead atoms. The molecule has 0 aliphatic carbocycles. The molecular weight excluding hydrogens is 441 g/mol. The summed E-state index contributed by atoms with van der Waals surface area (Å²) < 4.78 is 60.2. The average Bonchev–Trinajstić information content (AvgIpc) is 3.22. The van der Waals surface area contributed by atoms with Crippen molar-refractivity contribution >= 4 is 5.91 Å². The van der Waals surface area contributed by atoms with E-state index < -0.39 is 24.3 Å². The number of nitrogens with zero attached hydrogens (tertiary/aromatic N) is 2. The number of aromatic nitrogens is 1. The lowest BCUT2D eigenvalue weighted by Gasteiger charge is -2.41. The first-order valence-corrected chi connectivity index (χ1v) is 10.6. The quantitative estimate of drug-likeness (QED) is 0.643. The first-order valence-electron chi connectivity index (χ1n) is 10.6. The van der Waals surface area contributed by atoms with Gasteiger partial charge in [-0.05, 0) is 37.3 Å². The molecule has 3 atom stereocenters. The first-order chi connectivity index (χ1) is 15.7. The van der Waals surface area contributed by atoms with E-state index in [-0.39, 0.29) is 30.3 Å². The van der Waals surface area contributed by atoms with Crippen molar-refractivity contribution in [2.24, 2.45) is 0 Å². The summed E-state index contributed by atoms with van der Waals surface area (Å²) in [5.41, 5.74) is 0.421. The summed E-state index contributed by atoms with van der Waals surface area (Å²) >= 11 is 0. The van der Waals surface area contributed by atoms with Crippen LogP contribution in [-0.4, -0.2) is 61.2 Å². The number of rotatable bonds is 6. The lowest BCUT2D eigenvalue weighted by atomic mass is 9.85. The Hall–Kier alpha value is -2.85. The molecule has 2 fully saturated rings. The van der Waals surface area contributed by atoms with Gasteiger partial charge >= 0.3 is 6.18 Å². The van der Waals surface area contributed by atoms with Gasteiger partial charge in [0.15, 0.2) is 11.5 Å². The van der Waals surface area contributed by atoms with Crippen LogP contribution in [0.2, 0.25) is 0 Å². The van der Waals surface area contributed by atoms with Crippen LogP contribution < -0.4 is 9.47 Å². The summed E-state index contributed by atoms with van der Waals surface area (Å²) in [4.78, 5) is 19.3. The van der Waals surface area contributed by atoms with Gasteiger partial charge in [-0.1, -0.05) is 6.07 Å². The van der Waals surface area contributed by atoms with Crippen LogP contribution in [0.25, 0.3) is 0 Å². The molecule has 178 valence electrons. The normalized spacial score (nSPS) is 23.7. The largest absolute Gasteiger partial charge is 0.493 e. The van der Waals surface area contributed by atoms with Gasteiger partial charge in [-0.15, -0.1) is 0 Å². The number of alkyl halides is 3. The molecular formula is C23H25F3N2O5. The highest BCUT2D eigenvalue weighted by Gasteiger charge is 2.52. The molecule has 1 aromatic heterocycles. The first kappa shape index (κ1) is 23.3. The van der Waals surface area contributed by atoms with E-state index in [4.69, 9.17) is 18.9 Å². The van der Waals surface area contributed by atoms with Crippen molar-refractivity contribution in [2.45, 2.75) is 43.8 Å². The predicted octanol–water partition coefficient (Wildman–Crippen LogP) is 3.92. The Morgan fingerprint density at radius 1 is 1.30 bits per heavy atom. The average molecular weight is 466 g/mol. The number of piperidine rings is 1. The number of carbonyl (C=O) groups is 1. The number of benzene rings is 1. The number of halogens is 3. The lowest BCUT2D eigenvalue weighted by molar-refractivity contribution is -0.148. The van der Waals surface area contributed by atoms with Gasteiger partial charge in [0.2, 0.25) is 0 Å². The van der Waals surface area contributed by atoms with Gasteiger partial charge in [0.1, 0.15) is 24.6 Å². The Kier molecular flexibility index (Phi) is 6.49. The highest BCUT2D eigenvalue weighted by molar-refractivity contribution is 5.95. The topological polar surface area (TPSA) is 70.1 Å². The molecule has 3 heterocycles. The second-order valence-electron chi connectivity index (χ2n) is 8.14. The molecule has 1 unspecified atom stereocenters. The van der Waals surface area contributed by atoms with Crippen LogP contribution in [0.1, 0.15) is 35.8 Å². The number of likely N-dealkylation sites (tertiary alicyclic amines) is 1. The maximum Gasteiger partial charge on any atom is 0.392 e. The molecule has 33 heavy (non-hydrogen) atoms. The molecule has 10 heteroatoms. The number of hydrogen-bond donors (Lipinski definition) is 0. The van der Waals surface area contributed by atoms with E-state index in [0.29, 0.717) is 25.1 Å². The third-order valence-corrected chi connectivity index (χ3v) is 5.89. The van der Waals surface area contributed by atoms with Gasteiger partial charge in [-0.25, -0.2) is 0 Å². The van der Waals surface area contributed by atoms with Gasteiger partial charge in [0.05, 0.1) is 25.8 Å². The molecule has 7 nitrogen and oxygen atoms in total. The highest BCUT2D eigenvalue weighted by atomic mass is 19.4. The van der Waals surface area contributed by atoms with Gasteiger partial charge in [0.25, 0.3) is 5.91 Å². The summed E-state index contributed by atoms with van der Waals surface area (Å²) in [5.74, 6) is 0.0922. The molecule has 0 saturated carbocycles. The van der Waals surface area contributed by atoms with Crippen molar-refractivity contribution in [1.82, 2.24) is 9.88 Å². The van der Waals surface area contributed by atoms with Crippen molar-refractivity contribution in [2.75, 3.05) is 27.0 Å². The number of carbonyl (C=O) groups excluding carboxylic acids is 1. The van der Waals surface area contributed by atoms with Gasteiger partial charge < -0.3 is 23.8 Å². The molecule has 2 aliphatic rings. The summed E-state index contributed by atoms with van der Waals surface area (Å²) in [6, 6.07) is 10.1. The van der Waals surface area contributed by atoms with Crippen LogP contribution in [-0.2, 0) is 15.1 Å². The second-order valence-corrected chi connectivity index (χ2v) is 8.14. The highest BCUT2D eigenvalue weighted by Crippen LogP contribution is 2.42. The molecule has 4 rings (SSSR count). The van der Waals surface area contributed by atoms with Crippen LogP contribution >= 0.6 is 0 Å². The minimum atomic E-state index is -4.34. The number of hydrogen-bond acceptors (Lipinski definition) is 6. The summed E-state index contributed by atoms with van der Waals surface area (Å²) in [6.45, 7) is 2.20. The zero-order chi connectivity index (χ0) is 23.6. The maximum absolute atomic E-state index is 13.2. The SMILES string of the molecule is COc1cc(C(=O)N2CC[C@]3(c4ccccn4)OCO[C@@H]3C2)ccc1OC(C)CC(F)(F)F. The van der Waals surface area contributed by atoms with Crippen LogP contribution in [0.3, 0.4) is 0 Å². The minimum Gasteiger partial charge on any atom is -0.493 e. The Balaban J connectivity index is 1.47. The Labute approximate surface area is 189 Å². The standard InChI is InChI=1S/C23H25F3N2O5/c1-15(12-23(24,25)26)33-17-7-6-16(11-18(17)30-2)21(29)28-10-8-22(19-5-3-4-9-27-19)20(13-28)31-14-32-22/h3-7,9,11,15,20H,8,10,12-14H2,1-2H3/t15?,20-,22-/m1/s1. The molecule has 0 radical (unpaired) electrons. The molecule has 1 aromatic carbocycles. The van der Waals surface area contributed by atoms with E-state index in [1.807, 2.05) is 18.2 Å². The fourth-order valence-electron chi connectivity index (χ4n) is 4.30. The Morgan fingerprint density at radius 2 is 2.12 bits per heavy atom. The van der Waals surface area contributed by atoms with E-state index in [1.165, 1.54) is 32.2 Å². The van der Waals surface area contributed by atoms with E-state index in [2.05, 4.69) is 4.98 Å². The number of amides is 1. The fraction of sp³-hybridized carbons (Fsp3) is 0.478. The van der Waals surface area contributed by atoms with E-state index in [0.717, 1.165) is 5.69 Å². The number of fused-ring (bicyclic) bond motifs is 1. The van der Waals surface area contributed by atoms with Crippen LogP contribution in [0, 0.1) is 0 Å². The minimum absolute atomic E-state index is 0.124. The zero-order valence-corrected chi connectivity index (χ0v) is 18.3. The summed E-state index contributed by atoms with van der Waals surface area (Å²) in [5, 5.41) is 0. The van der Waals surface area contributed by atoms with Crippen molar-refractivity contribution in [3.63, 3.8) is 0 Å². The molecule has 2 saturated heterocycles. The van der Waals surface area contributed by atoms with E-state index >= 15 is 0 Å². The van der Waals surface area contributed by atoms with Gasteiger partial charge in [-0.3, -0.25) is 9.78 Å². The molecule has 2 aliphatic heterocycles. The van der Waals surface area contributed by atoms with Crippen molar-refractivity contribution in [3.8, 4) is 11.5 Å². The fourth-order valence-corrected chi connectivity index (χ4v) is 4.30. The van der Waals surface area contributed by atoms with Crippen LogP contribution in [0.15, 0.2) is 42.6 Å². The maximum atomic E-state index is 13.2. The summed E-state index contributed by atoms with van der Waals surface area (Å²) in [6.07, 6.45) is -4.67. The Bertz CT molecular complexity index is 988. The number of ether oxygens (including phenoxy) is 4. The van der Waals surface area contributed by atoms with E-state index in [1.54, 1.807) is 11.1 Å². The van der Waals surface area contributed by atoms with Crippen molar-refractivity contribution in [3.05, 3.63) is 53.9 Å². The lowest BCUT2D eigenvalue weighted by Crippen LogP contribution is -2.53. The third-order valence-electron chi connectivity index (χ3n) is 5.89. The number of methoxy groups -OCH3 is 1. The van der Waals surface area contributed by atoms with Crippen molar-refractivity contribution in [1.29, 1.82) is 0 Å². The van der Waals surface area contributed by atoms with Crippen molar-refractivity contribution < 1.29 is 36.9 Å². The third kappa shape index (κ3) is 4.91. The van der Waals surface area contributed by atoms with Crippen LogP contribution in [0.4, 0.5) is 13.2 Å². The summed E-state index contributed by atoms with van der Waals surface area (Å²) in [7, 11) is 1.37. The molecule has 1 amide bonds. The molecule has 0 spiro atoms. The van der Waals surface area contributed by atoms with Gasteiger partial charge in [0, 0.05) is 24.7 Å². The van der Waals surface area contributed by atoms with Crippen LogP contribution in [0.5, 0.6) is 11.5 Å². The predicted molar refractivity (Wildman–Crippen MR) is 111 cm³/mol. The second kappa shape index (κ2) is 9.18. The smallest absolute Gasteiger partial charge is 0.392 e. The monoisotopic (exact) mass is 466 g/mol. The Morgan fingerprint density at radius 3 is 2.82 bits per heavy atom. The molecule has 0 N–H and O–H groups in total. The van der Waals surface area contributed by atoms with Gasteiger partial charge in [-0.2, -0.15) is 13.2 Å². The number of pyridine rings is 1. The zero-order valence-electron chi connectivity index (χ0n) is 18.3. The van der Waals surface area contributed by atoms with E-state index in [9.17, 15) is 18.0 Å².